The van der Waals surface area contributed by atoms with Crippen LogP contribution in [-0.4, -0.2) is 39.0 Å². The molecule has 2 radical (unpaired) electrons. The Kier molecular flexibility index (Phi) is 33.2. The zero-order chi connectivity index (χ0) is 96.4. The maximum atomic E-state index is 5.30. The Balaban J connectivity index is 0.000000153. The number of nitrogens with zero attached hydrogens (tertiary/aromatic N) is 9. The molecule has 0 fully saturated rings. The summed E-state index contributed by atoms with van der Waals surface area (Å²) < 4.78 is 7.47. The first kappa shape index (κ1) is 102. The molecule has 0 atom stereocenters. The Bertz CT molecular complexity index is 8020. The third-order valence-electron chi connectivity index (χ3n) is 25.7. The van der Waals surface area contributed by atoms with Crippen molar-refractivity contribution in [2.75, 3.05) is 10.2 Å². The summed E-state index contributed by atoms with van der Waals surface area (Å²) in [6, 6.07) is 158. The number of rotatable bonds is 15. The second-order valence-corrected chi connectivity index (χ2v) is 72.3. The minimum absolute atomic E-state index is 0. The number of fused-ring (bicyclic) bond motifs is 12. The van der Waals surface area contributed by atoms with E-state index in [0.29, 0.717) is 35.2 Å². The van der Waals surface area contributed by atoms with Gasteiger partial charge in [0.05, 0.1) is 27.8 Å². The fourth-order valence-electron chi connectivity index (χ4n) is 19.1. The van der Waals surface area contributed by atoms with E-state index in [-0.39, 0.29) is 52.9 Å². The molecule has 4 aromatic heterocycles. The molecular formula is C124H96BrI4N10V3-2. The Labute approximate surface area is 914 Å². The molecule has 694 valence electrons. The van der Waals surface area contributed by atoms with Crippen LogP contribution in [0.4, 0.5) is 28.4 Å². The molecule has 1 N–H and O–H groups in total. The van der Waals surface area contributed by atoms with Crippen molar-refractivity contribution in [1.82, 2.24) is 39.0 Å². The number of benzene rings is 18. The van der Waals surface area contributed by atoms with Crippen LogP contribution in [0.1, 0.15) is 63.8 Å². The van der Waals surface area contributed by atoms with Gasteiger partial charge in [-0.2, -0.15) is 33.8 Å². The summed E-state index contributed by atoms with van der Waals surface area (Å²) in [5.74, 6) is 3.72. The number of aromatic nitrogens is 8. The topological polar surface area (TPSA) is 102 Å². The Morgan fingerprint density at radius 3 is 0.993 bits per heavy atom. The number of para-hydroxylation sites is 2. The first-order valence-electron chi connectivity index (χ1n) is 46.4. The number of hydrogen-bond donors (Lipinski definition) is 1. The number of hydrogen-bond acceptors (Lipinski definition) is 8. The predicted molar refractivity (Wildman–Crippen MR) is 623 cm³/mol. The number of halogens is 5. The summed E-state index contributed by atoms with van der Waals surface area (Å²) in [5.41, 5.74) is 33.0. The average molecular weight is 2470 g/mol. The second-order valence-electron chi connectivity index (χ2n) is 34.8. The zero-order valence-electron chi connectivity index (χ0n) is 78.8. The Morgan fingerprint density at radius 2 is 0.592 bits per heavy atom. The van der Waals surface area contributed by atoms with Crippen molar-refractivity contribution in [3.05, 3.63) is 487 Å². The maximum Gasteiger partial charge on any atom is 0.0463 e. The summed E-state index contributed by atoms with van der Waals surface area (Å²) in [5, 5.41) is 8.12. The van der Waals surface area contributed by atoms with Crippen molar-refractivity contribution in [3.63, 3.8) is 0 Å². The summed E-state index contributed by atoms with van der Waals surface area (Å²) in [4.78, 5) is 32.9. The van der Waals surface area contributed by atoms with Gasteiger partial charge in [-0.25, -0.2) is 9.97 Å². The van der Waals surface area contributed by atoms with E-state index in [1.165, 1.54) is 83.3 Å². The molecular weight excluding hydrogens is 2370 g/mol. The van der Waals surface area contributed by atoms with Crippen LogP contribution in [0.25, 0.3) is 168 Å². The largest absolute Gasteiger partial charge is 0.355 e. The minimum atomic E-state index is -0.278. The first-order chi connectivity index (χ1) is 68.5. The van der Waals surface area contributed by atoms with Crippen LogP contribution in [-0.2, 0) is 52.9 Å². The van der Waals surface area contributed by atoms with Crippen molar-refractivity contribution in [2.45, 2.75) is 52.4 Å². The minimum Gasteiger partial charge on any atom is -0.355 e. The molecule has 142 heavy (non-hydrogen) atoms. The van der Waals surface area contributed by atoms with Crippen molar-refractivity contribution in [1.29, 1.82) is 0 Å². The molecule has 0 saturated carbocycles. The van der Waals surface area contributed by atoms with Crippen molar-refractivity contribution >= 4 is 171 Å². The molecule has 4 heterocycles. The van der Waals surface area contributed by atoms with Gasteiger partial charge in [0.25, 0.3) is 0 Å². The van der Waals surface area contributed by atoms with Crippen molar-refractivity contribution < 1.29 is 42.0 Å². The molecule has 0 saturated heterocycles. The molecule has 0 amide bonds. The van der Waals surface area contributed by atoms with Crippen molar-refractivity contribution in [2.24, 2.45) is 0 Å². The van der Waals surface area contributed by atoms with Gasteiger partial charge >= 0.3 is 64.9 Å². The van der Waals surface area contributed by atoms with Crippen LogP contribution in [0.3, 0.4) is 0 Å². The molecule has 0 spiro atoms. The molecule has 0 bridgehead atoms. The Morgan fingerprint density at radius 1 is 0.296 bits per heavy atom. The van der Waals surface area contributed by atoms with Gasteiger partial charge < -0.3 is 39.7 Å². The van der Waals surface area contributed by atoms with Crippen LogP contribution >= 0.6 is 98.5 Å². The van der Waals surface area contributed by atoms with Crippen LogP contribution in [0, 0.1) is 11.4 Å². The van der Waals surface area contributed by atoms with Crippen LogP contribution in [0.5, 0.6) is 0 Å². The van der Waals surface area contributed by atoms with Gasteiger partial charge in [-0.1, -0.05) is 395 Å². The van der Waals surface area contributed by atoms with Crippen LogP contribution < -0.4 is 10.2 Å². The SMILES string of the molecule is CC1(C)c2ccccc2-c2cc3c4cc(Br)ccc4n(-c4nc(-c5ccccc5)nc(-c5ccccc5)n4)c3cc21.CC1(C)c2ccccc2-c2cc3c4cc(N(c5ccc(-c6ccccc6)cc5)c5ccccc5-c5ccccc5)ccc4n(-c4nc(-c5ccccc5)nc(-c5ccccc5)n4)c3cc21.C[CH-]I.[CH2-]C.[I][V]([I])[I].[V].[V].c1ccc(-c2ccc(Nc3ccccc3-c3ccccc3)cc2)cc1. The smallest absolute Gasteiger partial charge is 0.0463 e. The molecule has 24 rings (SSSR count). The van der Waals surface area contributed by atoms with Gasteiger partial charge in [-0.3, -0.25) is 13.6 Å². The van der Waals surface area contributed by atoms with E-state index in [4.69, 9.17) is 29.9 Å². The molecule has 18 aromatic carbocycles. The summed E-state index contributed by atoms with van der Waals surface area (Å²) >= 11 is 13.3. The molecule has 0 unspecified atom stereocenters. The second kappa shape index (κ2) is 46.4. The summed E-state index contributed by atoms with van der Waals surface area (Å²) in [7, 11) is 0. The van der Waals surface area contributed by atoms with Crippen LogP contribution in [0.15, 0.2) is 453 Å². The van der Waals surface area contributed by atoms with Crippen molar-refractivity contribution in [3.8, 4) is 124 Å². The summed E-state index contributed by atoms with van der Waals surface area (Å²) in [6.45, 7) is 16.3. The molecule has 22 aromatic rings. The quantitative estimate of drug-likeness (QED) is 0.0800. The monoisotopic (exact) mass is 2460 g/mol. The Hall–Kier alpha value is -11.7. The van der Waals surface area contributed by atoms with Gasteiger partial charge in [0, 0.05) is 130 Å². The molecule has 2 aliphatic carbocycles. The average Bonchev–Trinajstić information content (AvgIpc) is 1.55. The first-order valence-corrected chi connectivity index (χ1v) is 62.0. The van der Waals surface area contributed by atoms with Gasteiger partial charge in [-0.05, 0) is 175 Å². The number of nitrogens with one attached hydrogen (secondary N) is 1. The van der Waals surface area contributed by atoms with Crippen LogP contribution in [0.2, 0.25) is 0 Å². The molecule has 2 aliphatic rings. The van der Waals surface area contributed by atoms with E-state index in [0.717, 1.165) is 105 Å². The van der Waals surface area contributed by atoms with Gasteiger partial charge in [-0.15, -0.1) is 0 Å². The fraction of sp³-hybridized carbons (Fsp3) is 0.0645. The van der Waals surface area contributed by atoms with Gasteiger partial charge in [0.2, 0.25) is 11.9 Å². The summed E-state index contributed by atoms with van der Waals surface area (Å²) in [6.07, 6.45) is 0. The molecule has 0 aliphatic heterocycles. The van der Waals surface area contributed by atoms with Gasteiger partial charge in [0.15, 0.2) is 23.3 Å². The zero-order valence-corrected chi connectivity index (χ0v) is 93.2. The van der Waals surface area contributed by atoms with E-state index in [9.17, 15) is 0 Å². The third-order valence-corrected chi connectivity index (χ3v) is 26.2. The molecule has 18 heteroatoms. The van der Waals surface area contributed by atoms with Gasteiger partial charge in [0.1, 0.15) is 0 Å². The van der Waals surface area contributed by atoms with E-state index in [2.05, 4.69) is 492 Å². The standard InChI is InChI=1S/C60H43N5.C36H25BrN4.C24H19N.C2H4I.C2H5.3HI.3V/c1-60(2)52-29-17-15-28-48(52)49-38-51-50-37-46(64(45-33-31-41(32-34-45)40-19-7-3-8-20-40)54-30-18-16-27-47(54)42-21-9-4-10-22-42)35-36-55(50)65(56(51)39-53(49)60)59-62-57(43-23-11-5-12-24-43)61-58(63-59)44-25-13-6-14-26-44;1-36(2)29-16-10-9-15-25(29)26-20-28-27-19-24(37)17-18-31(27)41(32(28)21-30(26)36)35-39-33(22-11-5-3-6-12-22)38-34(40-35)23-13-7-4-8-14-23;1-3-9-19(10-4-1)20-15-17-22(18-16-20)25-24-14-8-7-13-23(24)21-11-5-2-6-12-21;1-2-3;1-2;;;;;;/h3-39H,1-2H3;3-21H,1-2H3;1-18,25H;2H,1H3;1H2,2H3;3*1H;;;/q;;;2*-1;;;;;;+3/p-3. The molecule has 10 nitrogen and oxygen atoms in total. The van der Waals surface area contributed by atoms with E-state index in [1.807, 2.05) is 121 Å². The predicted octanol–water partition coefficient (Wildman–Crippen LogP) is 36.6. The van der Waals surface area contributed by atoms with E-state index < -0.39 is 0 Å². The van der Waals surface area contributed by atoms with E-state index >= 15 is 0 Å². The number of anilines is 5. The maximum absolute atomic E-state index is 5.30. The normalized spacial score (nSPS) is 11.9. The third kappa shape index (κ3) is 21.6. The fourth-order valence-corrected chi connectivity index (χ4v) is 19.5. The van der Waals surface area contributed by atoms with E-state index in [1.54, 1.807) is 6.92 Å².